The minimum atomic E-state index is 0.802. The fraction of sp³-hybridized carbons (Fsp3) is 0.364. The van der Waals surface area contributed by atoms with Crippen LogP contribution >= 0.6 is 0 Å². The van der Waals surface area contributed by atoms with Crippen molar-refractivity contribution < 1.29 is 9.26 Å². The molecular formula is C11H14N2O2. The maximum atomic E-state index is 5.27. The maximum absolute atomic E-state index is 5.27. The van der Waals surface area contributed by atoms with E-state index in [-0.39, 0.29) is 0 Å². The number of nitrogens with one attached hydrogen (secondary N) is 1. The number of rotatable bonds is 4. The molecular weight excluding hydrogens is 192 g/mol. The average Bonchev–Trinajstić information content (AvgIpc) is 2.68. The first-order valence-electron chi connectivity index (χ1n) is 4.92. The Balaban J connectivity index is 2.34. The molecule has 4 nitrogen and oxygen atoms in total. The van der Waals surface area contributed by atoms with Crippen molar-refractivity contribution in [1.82, 2.24) is 10.5 Å². The van der Waals surface area contributed by atoms with Gasteiger partial charge in [0.15, 0.2) is 0 Å². The third-order valence-electron chi connectivity index (χ3n) is 2.36. The van der Waals surface area contributed by atoms with Crippen molar-refractivity contribution in [2.24, 2.45) is 0 Å². The minimum Gasteiger partial charge on any atom is -0.497 e. The van der Waals surface area contributed by atoms with E-state index in [0.29, 0.717) is 0 Å². The molecule has 0 amide bonds. The van der Waals surface area contributed by atoms with Crippen molar-refractivity contribution in [2.45, 2.75) is 6.42 Å². The van der Waals surface area contributed by atoms with Crippen molar-refractivity contribution in [3.8, 4) is 5.75 Å². The van der Waals surface area contributed by atoms with Gasteiger partial charge in [-0.15, -0.1) is 0 Å². The number of ether oxygens (including phenoxy) is 1. The van der Waals surface area contributed by atoms with Crippen LogP contribution in [0.25, 0.3) is 10.9 Å². The molecule has 0 aliphatic carbocycles. The summed E-state index contributed by atoms with van der Waals surface area (Å²) in [4.78, 5) is 0. The number of nitrogens with zero attached hydrogens (tertiary/aromatic N) is 1. The molecule has 0 spiro atoms. The van der Waals surface area contributed by atoms with Crippen LogP contribution in [0.4, 0.5) is 0 Å². The van der Waals surface area contributed by atoms with E-state index in [1.165, 1.54) is 0 Å². The number of likely N-dealkylation sites (N-methyl/N-ethyl adjacent to an activating group) is 1. The molecule has 1 aromatic heterocycles. The van der Waals surface area contributed by atoms with Gasteiger partial charge in [-0.2, -0.15) is 0 Å². The molecule has 2 aromatic rings. The van der Waals surface area contributed by atoms with E-state index in [9.17, 15) is 0 Å². The molecule has 0 fully saturated rings. The van der Waals surface area contributed by atoms with E-state index in [2.05, 4.69) is 10.5 Å². The number of hydrogen-bond donors (Lipinski definition) is 1. The Morgan fingerprint density at radius 2 is 2.33 bits per heavy atom. The van der Waals surface area contributed by atoms with Crippen LogP contribution in [0.3, 0.4) is 0 Å². The second-order valence-corrected chi connectivity index (χ2v) is 3.34. The van der Waals surface area contributed by atoms with Crippen molar-refractivity contribution in [2.75, 3.05) is 20.7 Å². The SMILES string of the molecule is CNCCc1onc2cc(OC)ccc12. The molecule has 80 valence electrons. The zero-order valence-electron chi connectivity index (χ0n) is 8.91. The Bertz CT molecular complexity index is 451. The summed E-state index contributed by atoms with van der Waals surface area (Å²) in [5.41, 5.74) is 0.848. The van der Waals surface area contributed by atoms with Gasteiger partial charge in [0.2, 0.25) is 0 Å². The van der Waals surface area contributed by atoms with Gasteiger partial charge in [0.05, 0.1) is 7.11 Å². The first-order valence-corrected chi connectivity index (χ1v) is 4.92. The van der Waals surface area contributed by atoms with Crippen molar-refractivity contribution in [3.63, 3.8) is 0 Å². The lowest BCUT2D eigenvalue weighted by Gasteiger charge is -1.98. The topological polar surface area (TPSA) is 47.3 Å². The number of benzene rings is 1. The van der Waals surface area contributed by atoms with Crippen molar-refractivity contribution >= 4 is 10.9 Å². The van der Waals surface area contributed by atoms with Gasteiger partial charge in [-0.3, -0.25) is 0 Å². The Labute approximate surface area is 88.2 Å². The minimum absolute atomic E-state index is 0.802. The van der Waals surface area contributed by atoms with Gasteiger partial charge in [-0.25, -0.2) is 0 Å². The largest absolute Gasteiger partial charge is 0.497 e. The van der Waals surface area contributed by atoms with Crippen LogP contribution < -0.4 is 10.1 Å². The summed E-state index contributed by atoms with van der Waals surface area (Å²) in [6.45, 7) is 0.885. The number of methoxy groups -OCH3 is 1. The van der Waals surface area contributed by atoms with E-state index in [1.54, 1.807) is 7.11 Å². The van der Waals surface area contributed by atoms with Gasteiger partial charge in [-0.1, -0.05) is 5.16 Å². The van der Waals surface area contributed by atoms with Gasteiger partial charge in [-0.05, 0) is 19.2 Å². The Morgan fingerprint density at radius 1 is 1.47 bits per heavy atom. The summed E-state index contributed by atoms with van der Waals surface area (Å²) in [7, 11) is 3.56. The van der Waals surface area contributed by atoms with Crippen LogP contribution in [-0.2, 0) is 6.42 Å². The summed E-state index contributed by atoms with van der Waals surface area (Å²) in [5.74, 6) is 1.72. The number of hydrogen-bond acceptors (Lipinski definition) is 4. The Hall–Kier alpha value is -1.55. The van der Waals surface area contributed by atoms with E-state index in [1.807, 2.05) is 25.2 Å². The van der Waals surface area contributed by atoms with E-state index in [4.69, 9.17) is 9.26 Å². The fourth-order valence-electron chi connectivity index (χ4n) is 1.52. The smallest absolute Gasteiger partial charge is 0.145 e. The third kappa shape index (κ3) is 1.94. The maximum Gasteiger partial charge on any atom is 0.145 e. The molecule has 0 aliphatic rings. The third-order valence-corrected chi connectivity index (χ3v) is 2.36. The van der Waals surface area contributed by atoms with Gasteiger partial charge < -0.3 is 14.6 Å². The van der Waals surface area contributed by atoms with E-state index >= 15 is 0 Å². The lowest BCUT2D eigenvalue weighted by Crippen LogP contribution is -2.09. The summed E-state index contributed by atoms with van der Waals surface area (Å²) in [6.07, 6.45) is 0.847. The molecule has 2 rings (SSSR count). The average molecular weight is 206 g/mol. The van der Waals surface area contributed by atoms with Gasteiger partial charge >= 0.3 is 0 Å². The molecule has 0 unspecified atom stereocenters. The van der Waals surface area contributed by atoms with Crippen LogP contribution in [0.15, 0.2) is 22.7 Å². The molecule has 0 atom stereocenters. The molecule has 0 radical (unpaired) electrons. The standard InChI is InChI=1S/C11H14N2O2/c1-12-6-5-11-9-4-3-8(14-2)7-10(9)13-15-11/h3-4,7,12H,5-6H2,1-2H3. The molecule has 1 heterocycles. The van der Waals surface area contributed by atoms with E-state index in [0.717, 1.165) is 35.4 Å². The van der Waals surface area contributed by atoms with Gasteiger partial charge in [0.1, 0.15) is 17.0 Å². The highest BCUT2D eigenvalue weighted by Gasteiger charge is 2.08. The van der Waals surface area contributed by atoms with Crippen LogP contribution in [-0.4, -0.2) is 25.9 Å². The highest BCUT2D eigenvalue weighted by atomic mass is 16.5. The van der Waals surface area contributed by atoms with E-state index < -0.39 is 0 Å². The van der Waals surface area contributed by atoms with Crippen LogP contribution in [0.1, 0.15) is 5.76 Å². The zero-order valence-corrected chi connectivity index (χ0v) is 8.91. The predicted octanol–water partition coefficient (Wildman–Crippen LogP) is 1.60. The highest BCUT2D eigenvalue weighted by Crippen LogP contribution is 2.23. The molecule has 0 saturated heterocycles. The van der Waals surface area contributed by atoms with Crippen molar-refractivity contribution in [1.29, 1.82) is 0 Å². The lowest BCUT2D eigenvalue weighted by molar-refractivity contribution is 0.389. The van der Waals surface area contributed by atoms with Crippen LogP contribution in [0.5, 0.6) is 5.75 Å². The number of aromatic nitrogens is 1. The zero-order chi connectivity index (χ0) is 10.7. The lowest BCUT2D eigenvalue weighted by atomic mass is 10.2. The molecule has 1 N–H and O–H groups in total. The normalized spacial score (nSPS) is 10.8. The first kappa shape index (κ1) is 9.98. The second-order valence-electron chi connectivity index (χ2n) is 3.34. The predicted molar refractivity (Wildman–Crippen MR) is 58.2 cm³/mol. The Morgan fingerprint density at radius 3 is 3.07 bits per heavy atom. The molecule has 0 bridgehead atoms. The van der Waals surface area contributed by atoms with Crippen molar-refractivity contribution in [3.05, 3.63) is 24.0 Å². The summed E-state index contributed by atoms with van der Waals surface area (Å²) in [5, 5.41) is 8.14. The van der Waals surface area contributed by atoms with Crippen LogP contribution in [0, 0.1) is 0 Å². The summed E-state index contributed by atoms with van der Waals surface area (Å²) >= 11 is 0. The quantitative estimate of drug-likeness (QED) is 0.825. The second kappa shape index (κ2) is 4.31. The first-order chi connectivity index (χ1) is 7.35. The molecule has 0 saturated carbocycles. The molecule has 15 heavy (non-hydrogen) atoms. The van der Waals surface area contributed by atoms with Gasteiger partial charge in [0, 0.05) is 24.4 Å². The Kier molecular flexibility index (Phi) is 2.87. The number of fused-ring (bicyclic) bond motifs is 1. The molecule has 1 aromatic carbocycles. The van der Waals surface area contributed by atoms with Gasteiger partial charge in [0.25, 0.3) is 0 Å². The molecule has 0 aliphatic heterocycles. The monoisotopic (exact) mass is 206 g/mol. The summed E-state index contributed by atoms with van der Waals surface area (Å²) < 4.78 is 10.4. The summed E-state index contributed by atoms with van der Waals surface area (Å²) in [6, 6.07) is 5.78. The highest BCUT2D eigenvalue weighted by molar-refractivity contribution is 5.81. The molecule has 4 heteroatoms. The van der Waals surface area contributed by atoms with Crippen LogP contribution in [0.2, 0.25) is 0 Å². The fourth-order valence-corrected chi connectivity index (χ4v) is 1.52.